The molecule has 0 aromatic heterocycles. The van der Waals surface area contributed by atoms with Crippen LogP contribution in [0.4, 0.5) is 0 Å². The van der Waals surface area contributed by atoms with Gasteiger partial charge < -0.3 is 0 Å². The summed E-state index contributed by atoms with van der Waals surface area (Å²) in [5, 5.41) is 0. The largest absolute Gasteiger partial charge is 0.0654 e. The van der Waals surface area contributed by atoms with Crippen molar-refractivity contribution < 1.29 is 0 Å². The summed E-state index contributed by atoms with van der Waals surface area (Å²) in [6.45, 7) is 11.8. The van der Waals surface area contributed by atoms with Crippen molar-refractivity contribution >= 4 is 0 Å². The maximum absolute atomic E-state index is 2.39. The molecule has 0 rings (SSSR count). The van der Waals surface area contributed by atoms with Crippen LogP contribution in [0.5, 0.6) is 0 Å². The highest BCUT2D eigenvalue weighted by atomic mass is 14.2. The molecule has 0 amide bonds. The molecule has 0 aliphatic carbocycles. The van der Waals surface area contributed by atoms with Gasteiger partial charge in [0.15, 0.2) is 0 Å². The molecule has 0 radical (unpaired) electrons. The van der Waals surface area contributed by atoms with Crippen LogP contribution in [0.3, 0.4) is 0 Å². The van der Waals surface area contributed by atoms with Crippen molar-refractivity contribution in [2.45, 2.75) is 73.1 Å². The normalized spacial score (nSPS) is 15.9. The summed E-state index contributed by atoms with van der Waals surface area (Å²) in [4.78, 5) is 0. The molecule has 2 atom stereocenters. The first-order chi connectivity index (χ1) is 6.61. The van der Waals surface area contributed by atoms with Crippen molar-refractivity contribution in [3.05, 3.63) is 0 Å². The van der Waals surface area contributed by atoms with Crippen LogP contribution in [0.2, 0.25) is 0 Å². The molecule has 0 aliphatic heterocycles. The van der Waals surface area contributed by atoms with Crippen molar-refractivity contribution in [2.75, 3.05) is 0 Å². The first-order valence-electron chi connectivity index (χ1n) is 6.61. The Labute approximate surface area is 91.5 Å². The van der Waals surface area contributed by atoms with Gasteiger partial charge >= 0.3 is 0 Å². The van der Waals surface area contributed by atoms with Crippen LogP contribution in [-0.2, 0) is 0 Å². The van der Waals surface area contributed by atoms with E-state index in [1.807, 2.05) is 0 Å². The van der Waals surface area contributed by atoms with Gasteiger partial charge in [-0.3, -0.25) is 0 Å². The molecule has 0 heterocycles. The summed E-state index contributed by atoms with van der Waals surface area (Å²) in [5.74, 6) is 2.78. The monoisotopic (exact) mass is 198 g/mol. The van der Waals surface area contributed by atoms with E-state index in [-0.39, 0.29) is 0 Å². The molecule has 0 heteroatoms. The van der Waals surface area contributed by atoms with Gasteiger partial charge in [0, 0.05) is 0 Å². The summed E-state index contributed by atoms with van der Waals surface area (Å²) in [6.07, 6.45) is 8.45. The molecular weight excluding hydrogens is 168 g/mol. The van der Waals surface area contributed by atoms with E-state index < -0.39 is 0 Å². The highest BCUT2D eigenvalue weighted by Gasteiger charge is 2.13. The Bertz CT molecular complexity index is 115. The fourth-order valence-electron chi connectivity index (χ4n) is 1.98. The minimum atomic E-state index is 0.880. The Balaban J connectivity index is 3.73. The number of unbranched alkanes of at least 4 members (excludes halogenated alkanes) is 1. The average molecular weight is 198 g/mol. The molecule has 0 aliphatic rings. The van der Waals surface area contributed by atoms with Crippen LogP contribution in [-0.4, -0.2) is 0 Å². The lowest BCUT2D eigenvalue weighted by Crippen LogP contribution is -2.10. The second-order valence-corrected chi connectivity index (χ2v) is 5.24. The summed E-state index contributed by atoms with van der Waals surface area (Å²) >= 11 is 0. The van der Waals surface area contributed by atoms with E-state index in [0.717, 1.165) is 17.8 Å². The first kappa shape index (κ1) is 14.0. The summed E-state index contributed by atoms with van der Waals surface area (Å²) in [6, 6.07) is 0. The lowest BCUT2D eigenvalue weighted by Gasteiger charge is -2.22. The van der Waals surface area contributed by atoms with Crippen molar-refractivity contribution in [3.63, 3.8) is 0 Å². The minimum Gasteiger partial charge on any atom is -0.0654 e. The molecule has 0 nitrogen and oxygen atoms in total. The molecule has 14 heavy (non-hydrogen) atoms. The molecule has 0 saturated heterocycles. The zero-order valence-electron chi connectivity index (χ0n) is 11.0. The molecule has 0 N–H and O–H groups in total. The third kappa shape index (κ3) is 6.45. The highest BCUT2D eigenvalue weighted by molar-refractivity contribution is 4.65. The highest BCUT2D eigenvalue weighted by Crippen LogP contribution is 2.25. The Kier molecular flexibility index (Phi) is 8.32. The van der Waals surface area contributed by atoms with Gasteiger partial charge in [-0.15, -0.1) is 0 Å². The summed E-state index contributed by atoms with van der Waals surface area (Å²) in [7, 11) is 0. The molecular formula is C14H30. The van der Waals surface area contributed by atoms with Crippen LogP contribution in [0, 0.1) is 17.8 Å². The van der Waals surface area contributed by atoms with Crippen LogP contribution >= 0.6 is 0 Å². The first-order valence-corrected chi connectivity index (χ1v) is 6.61. The molecule has 0 aromatic carbocycles. The minimum absolute atomic E-state index is 0.880. The van der Waals surface area contributed by atoms with Gasteiger partial charge in [-0.05, 0) is 24.2 Å². The summed E-state index contributed by atoms with van der Waals surface area (Å²) < 4.78 is 0. The quantitative estimate of drug-likeness (QED) is 0.498. The van der Waals surface area contributed by atoms with E-state index in [1.165, 1.54) is 38.5 Å². The third-order valence-corrected chi connectivity index (χ3v) is 3.60. The molecule has 86 valence electrons. The molecule has 0 spiro atoms. The number of rotatable bonds is 8. The number of hydrogen-bond acceptors (Lipinski definition) is 0. The van der Waals surface area contributed by atoms with Crippen LogP contribution < -0.4 is 0 Å². The zero-order valence-corrected chi connectivity index (χ0v) is 11.0. The van der Waals surface area contributed by atoms with Gasteiger partial charge in [0.1, 0.15) is 0 Å². The molecule has 0 fully saturated rings. The van der Waals surface area contributed by atoms with E-state index in [4.69, 9.17) is 0 Å². The van der Waals surface area contributed by atoms with Gasteiger partial charge in [-0.1, -0.05) is 66.7 Å². The third-order valence-electron chi connectivity index (χ3n) is 3.60. The smallest absolute Gasteiger partial charge is 0.0391 e. The van der Waals surface area contributed by atoms with E-state index in [2.05, 4.69) is 34.6 Å². The zero-order chi connectivity index (χ0) is 11.0. The summed E-state index contributed by atoms with van der Waals surface area (Å²) in [5.41, 5.74) is 0. The van der Waals surface area contributed by atoms with Crippen molar-refractivity contribution in [1.29, 1.82) is 0 Å². The van der Waals surface area contributed by atoms with Crippen molar-refractivity contribution in [2.24, 2.45) is 17.8 Å². The molecule has 2 unspecified atom stereocenters. The topological polar surface area (TPSA) is 0 Å². The maximum atomic E-state index is 2.39. The fourth-order valence-corrected chi connectivity index (χ4v) is 1.98. The van der Waals surface area contributed by atoms with E-state index in [1.54, 1.807) is 0 Å². The van der Waals surface area contributed by atoms with Crippen LogP contribution in [0.15, 0.2) is 0 Å². The second-order valence-electron chi connectivity index (χ2n) is 5.24. The Morgan fingerprint density at radius 3 is 1.93 bits per heavy atom. The van der Waals surface area contributed by atoms with Gasteiger partial charge in [0.2, 0.25) is 0 Å². The fraction of sp³-hybridized carbons (Fsp3) is 1.00. The van der Waals surface area contributed by atoms with Crippen molar-refractivity contribution in [1.82, 2.24) is 0 Å². The van der Waals surface area contributed by atoms with Gasteiger partial charge in [0.05, 0.1) is 0 Å². The van der Waals surface area contributed by atoms with E-state index in [0.29, 0.717) is 0 Å². The Hall–Kier alpha value is 0. The van der Waals surface area contributed by atoms with E-state index in [9.17, 15) is 0 Å². The lowest BCUT2D eigenvalue weighted by atomic mass is 9.84. The predicted molar refractivity (Wildman–Crippen MR) is 66.5 cm³/mol. The molecule has 0 saturated carbocycles. The van der Waals surface area contributed by atoms with Crippen molar-refractivity contribution in [3.8, 4) is 0 Å². The average Bonchev–Trinajstić information content (AvgIpc) is 2.16. The molecule has 0 aromatic rings. The second kappa shape index (κ2) is 8.32. The Morgan fingerprint density at radius 1 is 0.857 bits per heavy atom. The number of hydrogen-bond donors (Lipinski definition) is 0. The van der Waals surface area contributed by atoms with Crippen LogP contribution in [0.25, 0.3) is 0 Å². The predicted octanol–water partition coefficient (Wildman–Crippen LogP) is 5.28. The van der Waals surface area contributed by atoms with Gasteiger partial charge in [0.25, 0.3) is 0 Å². The maximum Gasteiger partial charge on any atom is -0.0391 e. The van der Waals surface area contributed by atoms with Gasteiger partial charge in [-0.25, -0.2) is 0 Å². The van der Waals surface area contributed by atoms with Crippen LogP contribution in [0.1, 0.15) is 73.1 Å². The molecule has 0 bridgehead atoms. The lowest BCUT2D eigenvalue weighted by molar-refractivity contribution is 0.299. The SMILES string of the molecule is CCCCC(CCC(C)CC)C(C)C. The van der Waals surface area contributed by atoms with E-state index >= 15 is 0 Å². The van der Waals surface area contributed by atoms with Gasteiger partial charge in [-0.2, -0.15) is 0 Å². The standard InChI is InChI=1S/C14H30/c1-6-8-9-14(12(3)4)11-10-13(5)7-2/h12-14H,6-11H2,1-5H3. The Morgan fingerprint density at radius 2 is 1.50 bits per heavy atom.